The summed E-state index contributed by atoms with van der Waals surface area (Å²) in [5, 5.41) is 2.64. The average Bonchev–Trinajstić information content (AvgIpc) is 2.98. The third-order valence-corrected chi connectivity index (χ3v) is 6.71. The van der Waals surface area contributed by atoms with E-state index in [1.807, 2.05) is 0 Å². The van der Waals surface area contributed by atoms with Crippen molar-refractivity contribution in [3.63, 3.8) is 0 Å². The van der Waals surface area contributed by atoms with Gasteiger partial charge in [0.25, 0.3) is 11.8 Å². The average molecular weight is 445 g/mol. The monoisotopic (exact) mass is 445 g/mol. The number of amides is 3. The minimum absolute atomic E-state index is 0.0508. The maximum Gasteiger partial charge on any atom is 0.261 e. The number of ether oxygens (including phenoxy) is 1. The Morgan fingerprint density at radius 3 is 2.23 bits per heavy atom. The van der Waals surface area contributed by atoms with E-state index in [1.165, 1.54) is 39.4 Å². The number of nitrogens with one attached hydrogen (secondary N) is 1. The molecule has 1 N–H and O–H groups in total. The third-order valence-electron chi connectivity index (χ3n) is 4.87. The summed E-state index contributed by atoms with van der Waals surface area (Å²) in [5.74, 6) is -0.934. The highest BCUT2D eigenvalue weighted by Gasteiger charge is 2.34. The number of benzene rings is 2. The number of rotatable bonds is 8. The van der Waals surface area contributed by atoms with E-state index in [0.717, 1.165) is 9.21 Å². The molecule has 2 aromatic rings. The van der Waals surface area contributed by atoms with E-state index < -0.39 is 10.0 Å². The van der Waals surface area contributed by atoms with Crippen LogP contribution < -0.4 is 10.1 Å². The Morgan fingerprint density at radius 2 is 1.68 bits per heavy atom. The summed E-state index contributed by atoms with van der Waals surface area (Å²) >= 11 is 0. The summed E-state index contributed by atoms with van der Waals surface area (Å²) in [6, 6.07) is 10.9. The number of anilines is 1. The Kier molecular flexibility index (Phi) is 6.42. The van der Waals surface area contributed by atoms with Crippen molar-refractivity contribution in [1.82, 2.24) is 9.21 Å². The topological polar surface area (TPSA) is 113 Å². The molecule has 1 heterocycles. The van der Waals surface area contributed by atoms with Gasteiger partial charge in [0.1, 0.15) is 10.6 Å². The first-order valence-corrected chi connectivity index (χ1v) is 11.0. The molecule has 31 heavy (non-hydrogen) atoms. The first-order chi connectivity index (χ1) is 14.7. The minimum Gasteiger partial charge on any atom is -0.495 e. The van der Waals surface area contributed by atoms with Crippen LogP contribution in [0.15, 0.2) is 47.4 Å². The van der Waals surface area contributed by atoms with Gasteiger partial charge >= 0.3 is 0 Å². The number of imide groups is 1. The maximum absolute atomic E-state index is 12.5. The molecular weight excluding hydrogens is 422 g/mol. The number of carbonyl (C=O) groups is 3. The number of nitrogens with zero attached hydrogens (tertiary/aromatic N) is 2. The van der Waals surface area contributed by atoms with Gasteiger partial charge < -0.3 is 10.1 Å². The van der Waals surface area contributed by atoms with Gasteiger partial charge in [-0.1, -0.05) is 12.1 Å². The normalized spacial score (nSPS) is 13.5. The Morgan fingerprint density at radius 1 is 1.06 bits per heavy atom. The van der Waals surface area contributed by atoms with E-state index in [1.54, 1.807) is 24.3 Å². The molecule has 0 saturated carbocycles. The fraction of sp³-hybridized carbons (Fsp3) is 0.286. The quantitative estimate of drug-likeness (QED) is 0.622. The highest BCUT2D eigenvalue weighted by molar-refractivity contribution is 7.89. The standard InChI is InChI=1S/C21H23N3O6S/c1-23(2)31(28,29)18-13-14(10-11-17(18)30-3)22-19(25)9-6-12-24-20(26)15-7-4-5-8-16(15)21(24)27/h4-5,7-8,10-11,13H,6,9,12H2,1-3H3,(H,22,25). The molecule has 0 saturated heterocycles. The molecule has 0 aliphatic carbocycles. The number of hydrogen-bond acceptors (Lipinski definition) is 6. The van der Waals surface area contributed by atoms with Gasteiger partial charge in [0.15, 0.2) is 0 Å². The Hall–Kier alpha value is -3.24. The van der Waals surface area contributed by atoms with Gasteiger partial charge in [0.2, 0.25) is 15.9 Å². The highest BCUT2D eigenvalue weighted by atomic mass is 32.2. The van der Waals surface area contributed by atoms with E-state index in [9.17, 15) is 22.8 Å². The number of sulfonamides is 1. The van der Waals surface area contributed by atoms with E-state index in [4.69, 9.17) is 4.74 Å². The first-order valence-electron chi connectivity index (χ1n) is 9.52. The third kappa shape index (κ3) is 4.44. The Bertz CT molecular complexity index is 1110. The van der Waals surface area contributed by atoms with Crippen molar-refractivity contribution in [3.8, 4) is 5.75 Å². The predicted molar refractivity (Wildman–Crippen MR) is 114 cm³/mol. The Balaban J connectivity index is 1.62. The molecule has 0 bridgehead atoms. The maximum atomic E-state index is 12.5. The van der Waals surface area contributed by atoms with Gasteiger partial charge in [-0.2, -0.15) is 0 Å². The lowest BCUT2D eigenvalue weighted by atomic mass is 10.1. The number of hydrogen-bond donors (Lipinski definition) is 1. The molecule has 0 aromatic heterocycles. The van der Waals surface area contributed by atoms with Crippen LogP contribution in [0.25, 0.3) is 0 Å². The van der Waals surface area contributed by atoms with Crippen LogP contribution in [0.3, 0.4) is 0 Å². The van der Waals surface area contributed by atoms with Crippen molar-refractivity contribution < 1.29 is 27.5 Å². The molecule has 3 amide bonds. The molecule has 2 aromatic carbocycles. The molecule has 0 atom stereocenters. The van der Waals surface area contributed by atoms with Crippen LogP contribution in [0.5, 0.6) is 5.75 Å². The molecule has 0 unspecified atom stereocenters. The second-order valence-electron chi connectivity index (χ2n) is 7.11. The van der Waals surface area contributed by atoms with Crippen LogP contribution in [-0.2, 0) is 14.8 Å². The highest BCUT2D eigenvalue weighted by Crippen LogP contribution is 2.29. The smallest absolute Gasteiger partial charge is 0.261 e. The van der Waals surface area contributed by atoms with E-state index in [0.29, 0.717) is 16.8 Å². The molecule has 3 rings (SSSR count). The first kappa shape index (κ1) is 22.4. The van der Waals surface area contributed by atoms with E-state index in [-0.39, 0.29) is 47.8 Å². The molecule has 10 heteroatoms. The Labute approximate surface area is 180 Å². The molecular formula is C21H23N3O6S. The molecule has 9 nitrogen and oxygen atoms in total. The lowest BCUT2D eigenvalue weighted by Gasteiger charge is -2.16. The van der Waals surface area contributed by atoms with Crippen molar-refractivity contribution in [2.75, 3.05) is 33.1 Å². The van der Waals surface area contributed by atoms with Crippen molar-refractivity contribution in [2.45, 2.75) is 17.7 Å². The lowest BCUT2D eigenvalue weighted by Crippen LogP contribution is -2.31. The van der Waals surface area contributed by atoms with Crippen molar-refractivity contribution in [3.05, 3.63) is 53.6 Å². The van der Waals surface area contributed by atoms with Crippen LogP contribution >= 0.6 is 0 Å². The fourth-order valence-corrected chi connectivity index (χ4v) is 4.29. The summed E-state index contributed by atoms with van der Waals surface area (Å²) in [6.45, 7) is 0.114. The number of methoxy groups -OCH3 is 1. The van der Waals surface area contributed by atoms with Gasteiger partial charge in [-0.25, -0.2) is 12.7 Å². The minimum atomic E-state index is -3.77. The number of carbonyl (C=O) groups excluding carboxylic acids is 3. The molecule has 1 aliphatic rings. The van der Waals surface area contributed by atoms with Crippen molar-refractivity contribution >= 4 is 33.4 Å². The van der Waals surface area contributed by atoms with Gasteiger partial charge in [0, 0.05) is 32.7 Å². The van der Waals surface area contributed by atoms with E-state index in [2.05, 4.69) is 5.32 Å². The van der Waals surface area contributed by atoms with Crippen LogP contribution in [0.1, 0.15) is 33.6 Å². The summed E-state index contributed by atoms with van der Waals surface area (Å²) in [5.41, 5.74) is 1.03. The number of fused-ring (bicyclic) bond motifs is 1. The van der Waals surface area contributed by atoms with Gasteiger partial charge in [0.05, 0.1) is 18.2 Å². The van der Waals surface area contributed by atoms with Crippen LogP contribution in [0.2, 0.25) is 0 Å². The molecule has 0 spiro atoms. The lowest BCUT2D eigenvalue weighted by molar-refractivity contribution is -0.116. The van der Waals surface area contributed by atoms with Crippen LogP contribution in [-0.4, -0.2) is 63.1 Å². The molecule has 1 aliphatic heterocycles. The van der Waals surface area contributed by atoms with Crippen molar-refractivity contribution in [2.24, 2.45) is 0 Å². The van der Waals surface area contributed by atoms with Gasteiger partial charge in [-0.15, -0.1) is 0 Å². The fourth-order valence-electron chi connectivity index (χ4n) is 3.22. The summed E-state index contributed by atoms with van der Waals surface area (Å²) in [7, 11) is 0.398. The second-order valence-corrected chi connectivity index (χ2v) is 9.23. The SMILES string of the molecule is COc1ccc(NC(=O)CCCN2C(=O)c3ccccc3C2=O)cc1S(=O)(=O)N(C)C. The zero-order valence-electron chi connectivity index (χ0n) is 17.4. The second kappa shape index (κ2) is 8.86. The van der Waals surface area contributed by atoms with E-state index >= 15 is 0 Å². The van der Waals surface area contributed by atoms with Crippen molar-refractivity contribution in [1.29, 1.82) is 0 Å². The van der Waals surface area contributed by atoms with Gasteiger partial charge in [-0.3, -0.25) is 19.3 Å². The predicted octanol–water partition coefficient (Wildman–Crippen LogP) is 1.96. The zero-order chi connectivity index (χ0) is 22.8. The summed E-state index contributed by atoms with van der Waals surface area (Å²) in [6.07, 6.45) is 0.325. The zero-order valence-corrected chi connectivity index (χ0v) is 18.2. The molecule has 0 fully saturated rings. The molecule has 164 valence electrons. The van der Waals surface area contributed by atoms with Gasteiger partial charge in [-0.05, 0) is 36.8 Å². The van der Waals surface area contributed by atoms with Crippen LogP contribution in [0.4, 0.5) is 5.69 Å². The van der Waals surface area contributed by atoms with Crippen LogP contribution in [0, 0.1) is 0 Å². The molecule has 0 radical (unpaired) electrons. The largest absolute Gasteiger partial charge is 0.495 e. The summed E-state index contributed by atoms with van der Waals surface area (Å²) < 4.78 is 31.2. The summed E-state index contributed by atoms with van der Waals surface area (Å²) in [4.78, 5) is 38.1.